The maximum atomic E-state index is 12.7. The molecule has 0 fully saturated rings. The van der Waals surface area contributed by atoms with Gasteiger partial charge in [-0.25, -0.2) is 0 Å². The van der Waals surface area contributed by atoms with E-state index in [9.17, 15) is 13.2 Å². The van der Waals surface area contributed by atoms with Gasteiger partial charge < -0.3 is 5.73 Å². The number of alkyl halides is 3. The Kier molecular flexibility index (Phi) is 4.11. The summed E-state index contributed by atoms with van der Waals surface area (Å²) in [6.45, 7) is 7.13. The van der Waals surface area contributed by atoms with E-state index in [1.807, 2.05) is 26.0 Å². The first-order chi connectivity index (χ1) is 8.06. The van der Waals surface area contributed by atoms with Gasteiger partial charge in [0.2, 0.25) is 0 Å². The molecule has 1 unspecified atom stereocenters. The zero-order valence-electron chi connectivity index (χ0n) is 11.2. The fraction of sp³-hybridized carbons (Fsp3) is 0.571. The Morgan fingerprint density at radius 1 is 1.00 bits per heavy atom. The summed E-state index contributed by atoms with van der Waals surface area (Å²) < 4.78 is 38.1. The lowest BCUT2D eigenvalue weighted by atomic mass is 9.77. The van der Waals surface area contributed by atoms with Crippen LogP contribution in [0.3, 0.4) is 0 Å². The Bertz CT molecular complexity index is 390. The van der Waals surface area contributed by atoms with Crippen LogP contribution >= 0.6 is 0 Å². The SMILES string of the molecule is CC(C)c1ccc(C(C)(C)C(N)C(F)(F)F)cc1. The van der Waals surface area contributed by atoms with Crippen LogP contribution in [0.15, 0.2) is 24.3 Å². The molecule has 18 heavy (non-hydrogen) atoms. The van der Waals surface area contributed by atoms with Gasteiger partial charge in [-0.2, -0.15) is 13.2 Å². The molecule has 102 valence electrons. The molecule has 1 aromatic rings. The lowest BCUT2D eigenvalue weighted by Crippen LogP contribution is -2.51. The Morgan fingerprint density at radius 2 is 1.44 bits per heavy atom. The van der Waals surface area contributed by atoms with Crippen LogP contribution in [0, 0.1) is 0 Å². The summed E-state index contributed by atoms with van der Waals surface area (Å²) in [5.41, 5.74) is 5.92. The molecule has 0 bridgehead atoms. The molecular weight excluding hydrogens is 239 g/mol. The topological polar surface area (TPSA) is 26.0 Å². The summed E-state index contributed by atoms with van der Waals surface area (Å²) in [6.07, 6.45) is -4.39. The fourth-order valence-electron chi connectivity index (χ4n) is 1.89. The second kappa shape index (κ2) is 4.92. The Balaban J connectivity index is 3.05. The van der Waals surface area contributed by atoms with E-state index in [-0.39, 0.29) is 0 Å². The minimum Gasteiger partial charge on any atom is -0.319 e. The van der Waals surface area contributed by atoms with Crippen LogP contribution in [0.2, 0.25) is 0 Å². The number of halogens is 3. The highest BCUT2D eigenvalue weighted by atomic mass is 19.4. The van der Waals surface area contributed by atoms with Gasteiger partial charge in [0, 0.05) is 5.41 Å². The molecule has 1 rings (SSSR count). The van der Waals surface area contributed by atoms with Crippen LogP contribution in [0.1, 0.15) is 44.7 Å². The minimum absolute atomic E-state index is 0.360. The lowest BCUT2D eigenvalue weighted by molar-refractivity contribution is -0.160. The summed E-state index contributed by atoms with van der Waals surface area (Å²) in [4.78, 5) is 0. The van der Waals surface area contributed by atoms with Gasteiger partial charge in [0.1, 0.15) is 6.04 Å². The van der Waals surface area contributed by atoms with Crippen molar-refractivity contribution in [1.29, 1.82) is 0 Å². The smallest absolute Gasteiger partial charge is 0.319 e. The van der Waals surface area contributed by atoms with E-state index >= 15 is 0 Å². The molecule has 1 atom stereocenters. The first-order valence-electron chi connectivity index (χ1n) is 5.99. The number of rotatable bonds is 3. The number of hydrogen-bond donors (Lipinski definition) is 1. The highest BCUT2D eigenvalue weighted by Crippen LogP contribution is 2.35. The summed E-state index contributed by atoms with van der Waals surface area (Å²) in [5.74, 6) is 0.360. The number of benzene rings is 1. The maximum Gasteiger partial charge on any atom is 0.404 e. The van der Waals surface area contributed by atoms with Gasteiger partial charge in [0.25, 0.3) is 0 Å². The quantitative estimate of drug-likeness (QED) is 0.873. The molecule has 0 aliphatic carbocycles. The molecule has 1 aromatic carbocycles. The molecule has 0 aliphatic rings. The van der Waals surface area contributed by atoms with Gasteiger partial charge in [0.15, 0.2) is 0 Å². The van der Waals surface area contributed by atoms with E-state index in [1.54, 1.807) is 12.1 Å². The van der Waals surface area contributed by atoms with Crippen molar-refractivity contribution < 1.29 is 13.2 Å². The van der Waals surface area contributed by atoms with Gasteiger partial charge in [0.05, 0.1) is 0 Å². The van der Waals surface area contributed by atoms with Gasteiger partial charge >= 0.3 is 6.18 Å². The van der Waals surface area contributed by atoms with Crippen LogP contribution in [0.25, 0.3) is 0 Å². The molecule has 0 aliphatic heterocycles. The molecule has 0 saturated heterocycles. The Morgan fingerprint density at radius 3 is 1.78 bits per heavy atom. The summed E-state index contributed by atoms with van der Waals surface area (Å²) in [7, 11) is 0. The summed E-state index contributed by atoms with van der Waals surface area (Å²) in [5, 5.41) is 0. The molecule has 4 heteroatoms. The van der Waals surface area contributed by atoms with E-state index in [2.05, 4.69) is 0 Å². The molecule has 0 amide bonds. The molecule has 0 aromatic heterocycles. The average Bonchev–Trinajstić information content (AvgIpc) is 2.27. The molecule has 0 heterocycles. The maximum absolute atomic E-state index is 12.7. The third kappa shape index (κ3) is 3.05. The zero-order valence-corrected chi connectivity index (χ0v) is 11.2. The second-order valence-corrected chi connectivity index (χ2v) is 5.52. The van der Waals surface area contributed by atoms with Crippen molar-refractivity contribution in [3.8, 4) is 0 Å². The highest BCUT2D eigenvalue weighted by Gasteiger charge is 2.47. The van der Waals surface area contributed by atoms with Gasteiger partial charge in [-0.15, -0.1) is 0 Å². The van der Waals surface area contributed by atoms with Crippen molar-refractivity contribution in [1.82, 2.24) is 0 Å². The molecule has 0 spiro atoms. The van der Waals surface area contributed by atoms with E-state index in [0.717, 1.165) is 5.56 Å². The lowest BCUT2D eigenvalue weighted by Gasteiger charge is -2.33. The Labute approximate surface area is 106 Å². The van der Waals surface area contributed by atoms with Crippen LogP contribution in [0.4, 0.5) is 13.2 Å². The van der Waals surface area contributed by atoms with E-state index < -0.39 is 17.6 Å². The normalized spacial score (nSPS) is 14.9. The molecule has 1 nitrogen and oxygen atoms in total. The van der Waals surface area contributed by atoms with Crippen molar-refractivity contribution >= 4 is 0 Å². The largest absolute Gasteiger partial charge is 0.404 e. The molecule has 0 radical (unpaired) electrons. The third-order valence-electron chi connectivity index (χ3n) is 3.45. The van der Waals surface area contributed by atoms with Crippen LogP contribution < -0.4 is 5.73 Å². The standard InChI is InChI=1S/C14H20F3N/c1-9(2)10-5-7-11(8-6-10)13(3,4)12(18)14(15,16)17/h5-9,12H,18H2,1-4H3. The van der Waals surface area contributed by atoms with E-state index in [0.29, 0.717) is 11.5 Å². The molecule has 2 N–H and O–H groups in total. The first kappa shape index (κ1) is 15.0. The van der Waals surface area contributed by atoms with Crippen molar-refractivity contribution in [3.05, 3.63) is 35.4 Å². The number of nitrogens with two attached hydrogens (primary N) is 1. The minimum atomic E-state index is -4.39. The predicted octanol–water partition coefficient (Wildman–Crippen LogP) is 3.98. The van der Waals surface area contributed by atoms with E-state index in [1.165, 1.54) is 13.8 Å². The van der Waals surface area contributed by atoms with Gasteiger partial charge in [-0.05, 0) is 17.0 Å². The van der Waals surface area contributed by atoms with Crippen LogP contribution in [-0.2, 0) is 5.41 Å². The van der Waals surface area contributed by atoms with Crippen LogP contribution in [0.5, 0.6) is 0 Å². The number of hydrogen-bond acceptors (Lipinski definition) is 1. The van der Waals surface area contributed by atoms with Gasteiger partial charge in [-0.3, -0.25) is 0 Å². The Hall–Kier alpha value is -1.03. The fourth-order valence-corrected chi connectivity index (χ4v) is 1.89. The average molecular weight is 259 g/mol. The van der Waals surface area contributed by atoms with E-state index in [4.69, 9.17) is 5.73 Å². The highest BCUT2D eigenvalue weighted by molar-refractivity contribution is 5.31. The summed E-state index contributed by atoms with van der Waals surface area (Å²) in [6, 6.07) is 5.34. The second-order valence-electron chi connectivity index (χ2n) is 5.52. The molecular formula is C14H20F3N. The predicted molar refractivity (Wildman–Crippen MR) is 67.6 cm³/mol. The first-order valence-corrected chi connectivity index (χ1v) is 5.99. The van der Waals surface area contributed by atoms with Crippen LogP contribution in [-0.4, -0.2) is 12.2 Å². The van der Waals surface area contributed by atoms with Gasteiger partial charge in [-0.1, -0.05) is 52.0 Å². The monoisotopic (exact) mass is 259 g/mol. The molecule has 0 saturated carbocycles. The summed E-state index contributed by atoms with van der Waals surface area (Å²) >= 11 is 0. The third-order valence-corrected chi connectivity index (χ3v) is 3.45. The van der Waals surface area contributed by atoms with Crippen molar-refractivity contribution in [2.75, 3.05) is 0 Å². The van der Waals surface area contributed by atoms with Crippen molar-refractivity contribution in [2.45, 2.75) is 51.2 Å². The zero-order chi connectivity index (χ0) is 14.1. The van der Waals surface area contributed by atoms with Crippen molar-refractivity contribution in [2.24, 2.45) is 5.73 Å². The van der Waals surface area contributed by atoms with Crippen molar-refractivity contribution in [3.63, 3.8) is 0 Å².